The minimum absolute atomic E-state index is 0.182. The van der Waals surface area contributed by atoms with Gasteiger partial charge in [-0.05, 0) is 30.5 Å². The minimum atomic E-state index is -0.361. The molecule has 0 atom stereocenters. The molecule has 1 aliphatic carbocycles. The van der Waals surface area contributed by atoms with Gasteiger partial charge in [-0.25, -0.2) is 4.79 Å². The van der Waals surface area contributed by atoms with Crippen molar-refractivity contribution in [1.29, 1.82) is 0 Å². The van der Waals surface area contributed by atoms with E-state index in [2.05, 4.69) is 4.74 Å². The lowest BCUT2D eigenvalue weighted by Gasteiger charge is -2.11. The first-order valence-electron chi connectivity index (χ1n) is 5.64. The lowest BCUT2D eigenvalue weighted by Crippen LogP contribution is -2.06. The highest BCUT2D eigenvalue weighted by Gasteiger charge is 2.15. The van der Waals surface area contributed by atoms with Gasteiger partial charge < -0.3 is 4.74 Å². The van der Waals surface area contributed by atoms with Gasteiger partial charge >= 0.3 is 5.97 Å². The number of rotatable bonds is 2. The molecule has 0 unspecified atom stereocenters. The zero-order valence-electron chi connectivity index (χ0n) is 9.73. The van der Waals surface area contributed by atoms with Gasteiger partial charge in [0.1, 0.15) is 0 Å². The number of esters is 1. The van der Waals surface area contributed by atoms with Crippen molar-refractivity contribution in [2.45, 2.75) is 19.3 Å². The quantitative estimate of drug-likeness (QED) is 0.733. The Morgan fingerprint density at radius 1 is 1.24 bits per heavy atom. The van der Waals surface area contributed by atoms with Crippen LogP contribution in [0.3, 0.4) is 0 Å². The van der Waals surface area contributed by atoms with Gasteiger partial charge in [-0.1, -0.05) is 18.2 Å². The summed E-state index contributed by atoms with van der Waals surface area (Å²) in [5.41, 5.74) is 2.15. The van der Waals surface area contributed by atoms with Gasteiger partial charge in [0, 0.05) is 12.0 Å². The fourth-order valence-corrected chi connectivity index (χ4v) is 1.94. The number of hydrogen-bond acceptors (Lipinski definition) is 3. The molecule has 1 aromatic carbocycles. The Bertz CT molecular complexity index is 469. The molecule has 2 rings (SSSR count). The molecule has 0 amide bonds. The maximum absolute atomic E-state index is 11.7. The molecular weight excluding hydrogens is 216 g/mol. The van der Waals surface area contributed by atoms with Gasteiger partial charge in [-0.3, -0.25) is 4.79 Å². The number of ketones is 1. The summed E-state index contributed by atoms with van der Waals surface area (Å²) < 4.78 is 4.62. The predicted octanol–water partition coefficient (Wildman–Crippen LogP) is 2.61. The van der Waals surface area contributed by atoms with Crippen molar-refractivity contribution in [2.24, 2.45) is 0 Å². The second-order valence-electron chi connectivity index (χ2n) is 4.00. The molecule has 0 bridgehead atoms. The van der Waals surface area contributed by atoms with Crippen LogP contribution in [-0.2, 0) is 9.53 Å². The van der Waals surface area contributed by atoms with Crippen molar-refractivity contribution < 1.29 is 14.3 Å². The van der Waals surface area contributed by atoms with Crippen molar-refractivity contribution in [3.05, 3.63) is 41.5 Å². The Morgan fingerprint density at radius 2 is 1.94 bits per heavy atom. The molecule has 0 radical (unpaired) electrons. The van der Waals surface area contributed by atoms with E-state index >= 15 is 0 Å². The van der Waals surface area contributed by atoms with Crippen LogP contribution in [0.1, 0.15) is 35.2 Å². The molecule has 17 heavy (non-hydrogen) atoms. The number of carbonyl (C=O) groups excluding carboxylic acids is 2. The zero-order chi connectivity index (χ0) is 12.3. The highest BCUT2D eigenvalue weighted by molar-refractivity contribution is 6.21. The molecule has 0 fully saturated rings. The lowest BCUT2D eigenvalue weighted by molar-refractivity contribution is -0.114. The van der Waals surface area contributed by atoms with Gasteiger partial charge in [0.25, 0.3) is 0 Å². The Kier molecular flexibility index (Phi) is 3.38. The highest BCUT2D eigenvalue weighted by Crippen LogP contribution is 2.24. The van der Waals surface area contributed by atoms with Crippen LogP contribution in [0, 0.1) is 0 Å². The molecule has 3 nitrogen and oxygen atoms in total. The molecular formula is C14H14O3. The Labute approximate surface area is 100 Å². The molecule has 0 N–H and O–H groups in total. The maximum Gasteiger partial charge on any atom is 0.337 e. The van der Waals surface area contributed by atoms with E-state index in [9.17, 15) is 9.59 Å². The first-order chi connectivity index (χ1) is 8.22. The minimum Gasteiger partial charge on any atom is -0.465 e. The summed E-state index contributed by atoms with van der Waals surface area (Å²) >= 11 is 0. The number of hydrogen-bond donors (Lipinski definition) is 0. The van der Waals surface area contributed by atoms with Gasteiger partial charge in [0.15, 0.2) is 5.78 Å². The first-order valence-corrected chi connectivity index (χ1v) is 5.64. The molecule has 0 saturated carbocycles. The van der Waals surface area contributed by atoms with E-state index in [1.807, 2.05) is 6.08 Å². The fraction of sp³-hybridized carbons (Fsp3) is 0.286. The van der Waals surface area contributed by atoms with Gasteiger partial charge in [0.2, 0.25) is 0 Å². The van der Waals surface area contributed by atoms with Gasteiger partial charge in [0.05, 0.1) is 12.7 Å². The number of methoxy groups -OCH3 is 1. The Hall–Kier alpha value is -1.90. The van der Waals surface area contributed by atoms with Crippen molar-refractivity contribution in [2.75, 3.05) is 7.11 Å². The lowest BCUT2D eigenvalue weighted by atomic mass is 9.92. The molecule has 0 aliphatic heterocycles. The normalized spacial score (nSPS) is 15.4. The molecule has 0 heterocycles. The van der Waals surface area contributed by atoms with E-state index in [4.69, 9.17) is 0 Å². The second-order valence-corrected chi connectivity index (χ2v) is 4.00. The van der Waals surface area contributed by atoms with Gasteiger partial charge in [-0.2, -0.15) is 0 Å². The van der Waals surface area contributed by atoms with Crippen LogP contribution in [0.15, 0.2) is 30.3 Å². The van der Waals surface area contributed by atoms with Crippen LogP contribution >= 0.6 is 0 Å². The third-order valence-electron chi connectivity index (χ3n) is 2.87. The third kappa shape index (κ3) is 2.44. The number of benzene rings is 1. The zero-order valence-corrected chi connectivity index (χ0v) is 9.73. The van der Waals surface area contributed by atoms with E-state index < -0.39 is 0 Å². The van der Waals surface area contributed by atoms with E-state index in [1.165, 1.54) is 7.11 Å². The van der Waals surface area contributed by atoms with E-state index in [-0.39, 0.29) is 11.8 Å². The Balaban J connectivity index is 2.26. The summed E-state index contributed by atoms with van der Waals surface area (Å²) in [6.07, 6.45) is 4.46. The third-order valence-corrected chi connectivity index (χ3v) is 2.87. The summed E-state index contributed by atoms with van der Waals surface area (Å²) in [5, 5.41) is 0. The van der Waals surface area contributed by atoms with Crippen molar-refractivity contribution in [3.63, 3.8) is 0 Å². The fourth-order valence-electron chi connectivity index (χ4n) is 1.94. The summed E-state index contributed by atoms with van der Waals surface area (Å²) in [6.45, 7) is 0. The van der Waals surface area contributed by atoms with Crippen LogP contribution in [0.5, 0.6) is 0 Å². The monoisotopic (exact) mass is 230 g/mol. The molecule has 1 aromatic rings. The highest BCUT2D eigenvalue weighted by atomic mass is 16.5. The topological polar surface area (TPSA) is 43.4 Å². The standard InChI is InChI=1S/C14H14O3/c1-17-14(16)11-8-6-10(7-9-11)12-4-2-3-5-13(12)15/h4,6-9H,2-3,5H2,1H3. The molecule has 3 heteroatoms. The number of carbonyl (C=O) groups is 2. The van der Waals surface area contributed by atoms with Crippen LogP contribution in [0.4, 0.5) is 0 Å². The summed E-state index contributed by atoms with van der Waals surface area (Å²) in [4.78, 5) is 23.0. The van der Waals surface area contributed by atoms with Crippen molar-refractivity contribution >= 4 is 17.3 Å². The average molecular weight is 230 g/mol. The summed E-state index contributed by atoms with van der Waals surface area (Å²) in [6, 6.07) is 6.95. The predicted molar refractivity (Wildman–Crippen MR) is 64.6 cm³/mol. The smallest absolute Gasteiger partial charge is 0.337 e. The summed E-state index contributed by atoms with van der Waals surface area (Å²) in [5.74, 6) is -0.178. The maximum atomic E-state index is 11.7. The molecule has 88 valence electrons. The molecule has 1 aliphatic rings. The first kappa shape index (κ1) is 11.6. The summed E-state index contributed by atoms with van der Waals surface area (Å²) in [7, 11) is 1.35. The van der Waals surface area contributed by atoms with Gasteiger partial charge in [-0.15, -0.1) is 0 Å². The number of ether oxygens (including phenoxy) is 1. The van der Waals surface area contributed by atoms with E-state index in [0.29, 0.717) is 12.0 Å². The van der Waals surface area contributed by atoms with Crippen LogP contribution in [0.2, 0.25) is 0 Å². The largest absolute Gasteiger partial charge is 0.465 e. The van der Waals surface area contributed by atoms with Crippen molar-refractivity contribution in [1.82, 2.24) is 0 Å². The van der Waals surface area contributed by atoms with Crippen LogP contribution in [0.25, 0.3) is 5.57 Å². The Morgan fingerprint density at radius 3 is 2.53 bits per heavy atom. The second kappa shape index (κ2) is 4.95. The van der Waals surface area contributed by atoms with E-state index in [1.54, 1.807) is 24.3 Å². The molecule has 0 saturated heterocycles. The van der Waals surface area contributed by atoms with Crippen molar-refractivity contribution in [3.8, 4) is 0 Å². The number of allylic oxidation sites excluding steroid dienone is 2. The van der Waals surface area contributed by atoms with Crippen LogP contribution in [-0.4, -0.2) is 18.9 Å². The number of Topliss-reactive ketones (excluding diaryl/α,β-unsaturated/α-hetero) is 1. The molecule has 0 aromatic heterocycles. The van der Waals surface area contributed by atoms with E-state index in [0.717, 1.165) is 24.0 Å². The van der Waals surface area contributed by atoms with Crippen LogP contribution < -0.4 is 0 Å². The average Bonchev–Trinajstić information content (AvgIpc) is 2.39. The molecule has 0 spiro atoms. The SMILES string of the molecule is COC(=O)c1ccc(C2=CCCCC2=O)cc1.